The predicted molar refractivity (Wildman–Crippen MR) is 484 cm³/mol. The van der Waals surface area contributed by atoms with Gasteiger partial charge in [-0.05, 0) is 98.9 Å². The summed E-state index contributed by atoms with van der Waals surface area (Å²) in [4.78, 5) is 267. The van der Waals surface area contributed by atoms with E-state index in [-0.39, 0.29) is 101 Å². The second-order valence-corrected chi connectivity index (χ2v) is 35.0. The minimum absolute atomic E-state index is 0.00747. The van der Waals surface area contributed by atoms with E-state index < -0.39 is 242 Å². The molecule has 43 nitrogen and oxygen atoms in total. The Kier molecular flexibility index (Phi) is 38.5. The highest BCUT2D eigenvalue weighted by atomic mass is 32.2. The number of carboxylic acids is 1. The molecule has 3 saturated heterocycles. The summed E-state index contributed by atoms with van der Waals surface area (Å²) in [7, 11) is 5.23. The molecule has 0 radical (unpaired) electrons. The van der Waals surface area contributed by atoms with Gasteiger partial charge in [-0.1, -0.05) is 82.1 Å². The summed E-state index contributed by atoms with van der Waals surface area (Å²) in [5.74, 6) is -17.9. The molecule has 0 bridgehead atoms. The number of para-hydroxylation sites is 2. The number of phenolic OH excluding ortho intramolecular Hbond substituents is 1. The van der Waals surface area contributed by atoms with Crippen LogP contribution in [0.1, 0.15) is 121 Å². The van der Waals surface area contributed by atoms with Crippen molar-refractivity contribution in [2.24, 2.45) is 17.4 Å². The molecule has 9 rings (SSSR count). The number of likely N-dealkylation sites (N-methyl/N-ethyl adjacent to an activating group) is 3. The SMILES string of the molecule is CCCC[C@H]1C(=O)N[C@@H](CC(C)C)C(=O)N[C@H](C(=O)NCC(N)=O)CSCC(=O)N[C@@H](Cc2ccc(O)cc2)C(=O)N(C)[C@@H](C)C(=O)N[C@H](CCN)C(=O)N2CCC[C@H]2C(=O)N[C@@H](Cc2c[nH]cn2)C(=O)N[C@@H](CCC(=O)O)C(=O)N2C[C@H](O)C[C@H]2C(=O)N[C@@H](Cc2c[nH]c3ccccc23)C(=O)N[C@@H](CO)C(=O)N[C@@H](Cc2c[nH]c3ccccc23)C(=O)N(C)[C@@H](CCOC)C(=O)N1C. The van der Waals surface area contributed by atoms with Crippen LogP contribution in [-0.2, 0) is 112 Å². The van der Waals surface area contributed by atoms with E-state index in [2.05, 4.69) is 73.1 Å². The number of aliphatic carboxylic acids is 1. The molecule has 0 spiro atoms. The van der Waals surface area contributed by atoms with Crippen LogP contribution in [0.2, 0.25) is 0 Å². The molecule has 133 heavy (non-hydrogen) atoms. The first-order valence-electron chi connectivity index (χ1n) is 44.3. The van der Waals surface area contributed by atoms with Crippen molar-refractivity contribution in [1.29, 1.82) is 0 Å². The van der Waals surface area contributed by atoms with Crippen molar-refractivity contribution in [3.8, 4) is 5.75 Å². The van der Waals surface area contributed by atoms with Crippen molar-refractivity contribution < 1.29 is 107 Å². The first kappa shape index (κ1) is 104. The third kappa shape index (κ3) is 28.5. The van der Waals surface area contributed by atoms with Crippen LogP contribution in [0.4, 0.5) is 0 Å². The van der Waals surface area contributed by atoms with Crippen molar-refractivity contribution in [1.82, 2.24) is 97.6 Å². The van der Waals surface area contributed by atoms with Gasteiger partial charge in [-0.3, -0.25) is 81.5 Å². The number of hydrogen-bond donors (Lipinski definition) is 19. The number of hydrogen-bond acceptors (Lipinski definition) is 24. The van der Waals surface area contributed by atoms with Crippen LogP contribution in [0.25, 0.3) is 21.8 Å². The smallest absolute Gasteiger partial charge is 0.303 e. The molecular weight excluding hydrogens is 1750 g/mol. The molecule has 21 N–H and O–H groups in total. The van der Waals surface area contributed by atoms with Gasteiger partial charge in [0.15, 0.2) is 0 Å². The summed E-state index contributed by atoms with van der Waals surface area (Å²) in [6.45, 7) is 3.84. The number of nitrogens with one attached hydrogen (secondary N) is 13. The van der Waals surface area contributed by atoms with Gasteiger partial charge in [0.25, 0.3) is 0 Å². The lowest BCUT2D eigenvalue weighted by Crippen LogP contribution is -2.62. The predicted octanol–water partition coefficient (Wildman–Crippen LogP) is -3.01. The number of imidazole rings is 1. The maximum absolute atomic E-state index is 15.7. The number of H-pyrrole nitrogens is 3. The fourth-order valence-corrected chi connectivity index (χ4v) is 17.2. The summed E-state index contributed by atoms with van der Waals surface area (Å²) in [6.07, 6.45) is 1.78. The van der Waals surface area contributed by atoms with E-state index >= 15 is 38.4 Å². The number of rotatable bonds is 25. The maximum Gasteiger partial charge on any atom is 0.303 e. The zero-order valence-electron chi connectivity index (χ0n) is 75.6. The molecular formula is C89H123N21O22S. The summed E-state index contributed by atoms with van der Waals surface area (Å²) >= 11 is 0.799. The van der Waals surface area contributed by atoms with E-state index in [1.54, 1.807) is 74.8 Å². The molecule has 3 aliphatic heterocycles. The number of aliphatic hydroxyl groups excluding tert-OH is 2. The Balaban J connectivity index is 1.09. The van der Waals surface area contributed by atoms with Gasteiger partial charge in [-0.15, -0.1) is 11.8 Å². The number of aromatic nitrogens is 4. The number of thioether (sulfide) groups is 1. The number of aromatic hydroxyl groups is 1. The number of phenols is 1. The number of benzene rings is 3. The van der Waals surface area contributed by atoms with Gasteiger partial charge in [0, 0.05) is 139 Å². The Hall–Kier alpha value is -13.1. The molecule has 15 atom stereocenters. The Morgan fingerprint density at radius 3 is 1.74 bits per heavy atom. The number of carbonyl (C=O) groups is 17. The number of nitrogens with zero attached hydrogens (tertiary/aromatic N) is 6. The number of aromatic amines is 3. The molecule has 3 aliphatic rings. The van der Waals surface area contributed by atoms with Crippen LogP contribution < -0.4 is 64.6 Å². The number of carboxylic acid groups (broad SMARTS) is 1. The van der Waals surface area contributed by atoms with Crippen LogP contribution in [0.15, 0.2) is 97.7 Å². The summed E-state index contributed by atoms with van der Waals surface area (Å²) in [5.41, 5.74) is 14.3. The lowest BCUT2D eigenvalue weighted by Gasteiger charge is -2.36. The summed E-state index contributed by atoms with van der Waals surface area (Å²) < 4.78 is 5.50. The Morgan fingerprint density at radius 2 is 1.14 bits per heavy atom. The minimum atomic E-state index is -1.93. The number of ether oxygens (including phenoxy) is 1. The molecule has 0 saturated carbocycles. The van der Waals surface area contributed by atoms with E-state index in [1.807, 2.05) is 6.92 Å². The van der Waals surface area contributed by atoms with E-state index in [1.165, 1.54) is 76.9 Å². The van der Waals surface area contributed by atoms with Gasteiger partial charge in [-0.25, -0.2) is 4.98 Å². The van der Waals surface area contributed by atoms with Crippen molar-refractivity contribution in [3.05, 3.63) is 120 Å². The molecule has 6 heterocycles. The van der Waals surface area contributed by atoms with Gasteiger partial charge in [0.1, 0.15) is 90.3 Å². The third-order valence-corrected chi connectivity index (χ3v) is 24.8. The Bertz CT molecular complexity index is 5110. The van der Waals surface area contributed by atoms with Crippen LogP contribution in [-0.4, -0.2) is 335 Å². The number of methoxy groups -OCH3 is 1. The van der Waals surface area contributed by atoms with E-state index in [4.69, 9.17) is 16.2 Å². The van der Waals surface area contributed by atoms with Crippen molar-refractivity contribution in [3.63, 3.8) is 0 Å². The van der Waals surface area contributed by atoms with E-state index in [0.717, 1.165) is 31.4 Å². The van der Waals surface area contributed by atoms with Gasteiger partial charge in [-0.2, -0.15) is 0 Å². The Morgan fingerprint density at radius 1 is 0.594 bits per heavy atom. The second kappa shape index (κ2) is 49.4. The fraction of sp³-hybridized carbons (Fsp3) is 0.528. The first-order valence-corrected chi connectivity index (χ1v) is 45.4. The average molecular weight is 1870 g/mol. The molecule has 0 aliphatic carbocycles. The number of aliphatic hydroxyl groups is 2. The third-order valence-electron chi connectivity index (χ3n) is 23.8. The van der Waals surface area contributed by atoms with Gasteiger partial charge >= 0.3 is 5.97 Å². The normalized spacial score (nSPS) is 25.0. The topological polar surface area (TPSA) is 629 Å². The lowest BCUT2D eigenvalue weighted by atomic mass is 10.00. The zero-order valence-corrected chi connectivity index (χ0v) is 76.4. The van der Waals surface area contributed by atoms with Crippen LogP contribution in [0.3, 0.4) is 0 Å². The molecule has 3 fully saturated rings. The van der Waals surface area contributed by atoms with Crippen LogP contribution in [0.5, 0.6) is 5.75 Å². The van der Waals surface area contributed by atoms with Gasteiger partial charge in [0.05, 0.1) is 37.0 Å². The largest absolute Gasteiger partial charge is 0.508 e. The van der Waals surface area contributed by atoms with Crippen molar-refractivity contribution in [2.75, 3.05) is 79.2 Å². The monoisotopic (exact) mass is 1870 g/mol. The molecule has 0 unspecified atom stereocenters. The number of primary amides is 1. The average Bonchev–Trinajstić information content (AvgIpc) is 1.66. The molecule has 6 aromatic rings. The van der Waals surface area contributed by atoms with Crippen LogP contribution in [0, 0.1) is 5.92 Å². The highest BCUT2D eigenvalue weighted by Gasteiger charge is 2.47. The van der Waals surface area contributed by atoms with Gasteiger partial charge in [0.2, 0.25) is 94.5 Å². The number of fused-ring (bicyclic) bond motifs is 4. The number of unbranched alkanes of at least 4 members (excludes halogenated alkanes) is 1. The minimum Gasteiger partial charge on any atom is -0.508 e. The van der Waals surface area contributed by atoms with E-state index in [0.29, 0.717) is 51.3 Å². The highest BCUT2D eigenvalue weighted by Crippen LogP contribution is 2.28. The van der Waals surface area contributed by atoms with Gasteiger partial charge < -0.3 is 129 Å². The number of amides is 16. The van der Waals surface area contributed by atoms with E-state index in [9.17, 15) is 63.6 Å². The maximum atomic E-state index is 15.7. The second-order valence-electron chi connectivity index (χ2n) is 34.0. The fourth-order valence-electron chi connectivity index (χ4n) is 16.4. The van der Waals surface area contributed by atoms with Crippen molar-refractivity contribution in [2.45, 2.75) is 215 Å². The molecule has 44 heteroatoms. The molecule has 16 amide bonds. The zero-order chi connectivity index (χ0) is 97.0. The summed E-state index contributed by atoms with van der Waals surface area (Å²) in [5, 5.41) is 70.4. The standard InChI is InChI=1S/C89H123N21O22S/c1-9-10-20-69-82(124)100-62(33-48(2)3)78(120)105-68(77(119)95-42-73(91)114)45-133-46-74(115)97-65(34-50-22-24-54(112)25-23-50)85(127)106(5)49(4)76(118)98-61(28-30-90)87(129)109-31-15-21-70(109)83(125)102-64(37-53-41-92-47-96-53)80(122)99-60(26-27-75(116)117)88(130)110-43-55(113)38-72(110)84(126)101-63(35-51-39-93-58-18-13-11-16-56(51)58)79(121)104-67(44-111)81(123)103-66(36-52-40-94-59-19-14-12-17-57(52)59)86(128)108(7)71(29-32-132-8)89(131)107(69)6/h11-14,16-19,22-25,39-41,47-49,55,60-72,93-94,111-113H,9-10,15,20-21,26-38,42-46,90H2,1-8H3,(H2,91,114)(H,92,96)(H,95,119)(H,97,115)(H,98,118)(H,99,122)(H,100,124)(H,101,126)(H,102,125)(H,103,123)(H,104,121)(H,105,120)(H,116,117)/t49-,55+,60-,61+,62-,63-,64-,65-,66-,67-,68-,69-,70-,71-,72-/m0/s1. The summed E-state index contributed by atoms with van der Waals surface area (Å²) in [6, 6.07) is -2.41. The number of carbonyl (C=O) groups excluding carboxylic acids is 16. The highest BCUT2D eigenvalue weighted by molar-refractivity contribution is 8.00. The first-order chi connectivity index (χ1) is 63.4. The molecule has 3 aromatic carbocycles. The Labute approximate surface area is 771 Å². The molecule has 3 aromatic heterocycles. The van der Waals surface area contributed by atoms with Crippen LogP contribution >= 0.6 is 11.8 Å². The number of nitrogens with two attached hydrogens (primary N) is 2. The van der Waals surface area contributed by atoms with Crippen molar-refractivity contribution >= 4 is 134 Å². The quantitative estimate of drug-likeness (QED) is 0.0271. The lowest BCUT2D eigenvalue weighted by molar-refractivity contribution is -0.150. The molecule has 722 valence electrons.